The fourth-order valence-electron chi connectivity index (χ4n) is 2.86. The van der Waals surface area contributed by atoms with Gasteiger partial charge in [0.05, 0.1) is 10.4 Å². The maximum atomic E-state index is 12.9. The molecule has 0 unspecified atom stereocenters. The van der Waals surface area contributed by atoms with Crippen molar-refractivity contribution in [1.82, 2.24) is 0 Å². The van der Waals surface area contributed by atoms with E-state index in [1.807, 2.05) is 0 Å². The zero-order valence-corrected chi connectivity index (χ0v) is 12.4. The van der Waals surface area contributed by atoms with E-state index < -0.39 is 5.41 Å². The molecule has 0 radical (unpaired) electrons. The summed E-state index contributed by atoms with van der Waals surface area (Å²) in [5, 5.41) is 9.54. The van der Waals surface area contributed by atoms with Crippen LogP contribution in [-0.2, 0) is 4.79 Å². The molecule has 0 spiro atoms. The third-order valence-corrected chi connectivity index (χ3v) is 4.50. The fraction of sp³-hybridized carbons (Fsp3) is 0.467. The molecule has 1 aliphatic rings. The van der Waals surface area contributed by atoms with Gasteiger partial charge in [-0.15, -0.1) is 0 Å². The second kappa shape index (κ2) is 5.79. The van der Waals surface area contributed by atoms with Crippen molar-refractivity contribution in [2.45, 2.75) is 32.1 Å². The Morgan fingerprint density at radius 1 is 1.35 bits per heavy atom. The second-order valence-corrected chi connectivity index (χ2v) is 5.83. The molecule has 1 saturated carbocycles. The summed E-state index contributed by atoms with van der Waals surface area (Å²) in [6.07, 6.45) is 4.48. The molecule has 1 aromatic rings. The highest BCUT2D eigenvalue weighted by Gasteiger charge is 2.44. The summed E-state index contributed by atoms with van der Waals surface area (Å²) >= 11 is 5.18. The van der Waals surface area contributed by atoms with Crippen molar-refractivity contribution in [1.29, 1.82) is 0 Å². The highest BCUT2D eigenvalue weighted by atomic mass is 32.1. The van der Waals surface area contributed by atoms with Gasteiger partial charge in [0, 0.05) is 18.8 Å². The number of aromatic hydroxyl groups is 1. The van der Waals surface area contributed by atoms with Crippen LogP contribution in [0.15, 0.2) is 24.3 Å². The van der Waals surface area contributed by atoms with Crippen LogP contribution in [0.4, 0.5) is 5.69 Å². The molecule has 1 amide bonds. The van der Waals surface area contributed by atoms with Gasteiger partial charge in [0.25, 0.3) is 0 Å². The summed E-state index contributed by atoms with van der Waals surface area (Å²) < 4.78 is 0. The molecule has 1 aromatic carbocycles. The first-order valence-corrected chi connectivity index (χ1v) is 7.25. The van der Waals surface area contributed by atoms with Gasteiger partial charge in [-0.05, 0) is 25.0 Å². The van der Waals surface area contributed by atoms with Crippen LogP contribution in [0.2, 0.25) is 0 Å². The fourth-order valence-corrected chi connectivity index (χ4v) is 3.15. The quantitative estimate of drug-likeness (QED) is 0.840. The van der Waals surface area contributed by atoms with Crippen LogP contribution in [0.1, 0.15) is 32.1 Å². The number of rotatable bonds is 3. The van der Waals surface area contributed by atoms with Crippen molar-refractivity contribution < 1.29 is 9.90 Å². The molecule has 0 aromatic heterocycles. The number of hydrogen-bond acceptors (Lipinski definition) is 3. The summed E-state index contributed by atoms with van der Waals surface area (Å²) in [4.78, 5) is 14.7. The smallest absolute Gasteiger partial charge is 0.239 e. The Kier molecular flexibility index (Phi) is 4.28. The zero-order valence-electron chi connectivity index (χ0n) is 11.6. The molecule has 2 rings (SSSR count). The normalized spacial score (nSPS) is 17.4. The number of phenolic OH excluding ortho intramolecular Hbond substituents is 1. The van der Waals surface area contributed by atoms with Crippen LogP contribution in [0.25, 0.3) is 0 Å². The highest BCUT2D eigenvalue weighted by Crippen LogP contribution is 2.39. The molecule has 5 heteroatoms. The third-order valence-electron chi connectivity index (χ3n) is 4.11. The number of benzene rings is 1. The zero-order chi connectivity index (χ0) is 14.8. The Bertz CT molecular complexity index is 524. The second-order valence-electron chi connectivity index (χ2n) is 5.39. The van der Waals surface area contributed by atoms with Gasteiger partial charge in [-0.1, -0.05) is 37.5 Å². The summed E-state index contributed by atoms with van der Waals surface area (Å²) in [6, 6.07) is 6.64. The van der Waals surface area contributed by atoms with Gasteiger partial charge in [0.1, 0.15) is 5.75 Å². The molecule has 0 saturated heterocycles. The molecule has 3 N–H and O–H groups in total. The van der Waals surface area contributed by atoms with Crippen LogP contribution in [-0.4, -0.2) is 23.0 Å². The standard InChI is InChI=1S/C15H20N2O2S/c1-17(11-6-5-7-12(18)10-11)14(19)15(13(16)20)8-3-2-4-9-15/h5-7,10,18H,2-4,8-9H2,1H3,(H2,16,20). The van der Waals surface area contributed by atoms with Crippen LogP contribution in [0.5, 0.6) is 5.75 Å². The molecule has 0 heterocycles. The van der Waals surface area contributed by atoms with Gasteiger partial charge < -0.3 is 15.7 Å². The Morgan fingerprint density at radius 3 is 2.55 bits per heavy atom. The number of phenols is 1. The number of hydrogen-bond donors (Lipinski definition) is 2. The van der Waals surface area contributed by atoms with E-state index >= 15 is 0 Å². The Morgan fingerprint density at radius 2 is 2.00 bits per heavy atom. The lowest BCUT2D eigenvalue weighted by Gasteiger charge is -2.37. The molecule has 0 bridgehead atoms. The number of nitrogens with zero attached hydrogens (tertiary/aromatic N) is 1. The number of thiocarbonyl (C=S) groups is 1. The monoisotopic (exact) mass is 292 g/mol. The Hall–Kier alpha value is -1.62. The van der Waals surface area contributed by atoms with Gasteiger partial charge in [0.2, 0.25) is 5.91 Å². The van der Waals surface area contributed by atoms with E-state index in [4.69, 9.17) is 18.0 Å². The predicted octanol–water partition coefficient (Wildman–Crippen LogP) is 2.59. The van der Waals surface area contributed by atoms with E-state index in [0.29, 0.717) is 18.5 Å². The first kappa shape index (κ1) is 14.8. The lowest BCUT2D eigenvalue weighted by Crippen LogP contribution is -2.50. The number of carbonyl (C=O) groups is 1. The minimum Gasteiger partial charge on any atom is -0.508 e. The van der Waals surface area contributed by atoms with Gasteiger partial charge in [-0.3, -0.25) is 4.79 Å². The van der Waals surface area contributed by atoms with Crippen molar-refractivity contribution in [2.24, 2.45) is 11.1 Å². The molecular formula is C15H20N2O2S. The highest BCUT2D eigenvalue weighted by molar-refractivity contribution is 7.80. The average Bonchev–Trinajstić information content (AvgIpc) is 2.46. The molecular weight excluding hydrogens is 272 g/mol. The number of anilines is 1. The van der Waals surface area contributed by atoms with E-state index in [2.05, 4.69) is 0 Å². The van der Waals surface area contributed by atoms with Crippen LogP contribution < -0.4 is 10.6 Å². The van der Waals surface area contributed by atoms with Crippen molar-refractivity contribution in [3.63, 3.8) is 0 Å². The molecule has 0 aliphatic heterocycles. The topological polar surface area (TPSA) is 66.6 Å². The number of carbonyl (C=O) groups excluding carboxylic acids is 1. The number of nitrogens with two attached hydrogens (primary N) is 1. The third kappa shape index (κ3) is 2.63. The van der Waals surface area contributed by atoms with E-state index in [-0.39, 0.29) is 16.6 Å². The molecule has 4 nitrogen and oxygen atoms in total. The van der Waals surface area contributed by atoms with Crippen LogP contribution in [0, 0.1) is 5.41 Å². The minimum atomic E-state index is -0.728. The summed E-state index contributed by atoms with van der Waals surface area (Å²) in [7, 11) is 1.70. The van der Waals surface area contributed by atoms with Gasteiger partial charge >= 0.3 is 0 Å². The van der Waals surface area contributed by atoms with E-state index in [1.165, 1.54) is 0 Å². The average molecular weight is 292 g/mol. The molecule has 1 aliphatic carbocycles. The maximum absolute atomic E-state index is 12.9. The van der Waals surface area contributed by atoms with Crippen LogP contribution >= 0.6 is 12.2 Å². The first-order valence-electron chi connectivity index (χ1n) is 6.84. The Labute approximate surface area is 124 Å². The predicted molar refractivity (Wildman–Crippen MR) is 83.8 cm³/mol. The largest absolute Gasteiger partial charge is 0.508 e. The van der Waals surface area contributed by atoms with E-state index in [9.17, 15) is 9.90 Å². The summed E-state index contributed by atoms with van der Waals surface area (Å²) in [5.41, 5.74) is 5.80. The summed E-state index contributed by atoms with van der Waals surface area (Å²) in [6.45, 7) is 0. The number of amides is 1. The van der Waals surface area contributed by atoms with Crippen LogP contribution in [0.3, 0.4) is 0 Å². The first-order chi connectivity index (χ1) is 9.47. The Balaban J connectivity index is 2.30. The molecule has 1 fully saturated rings. The van der Waals surface area contributed by atoms with Gasteiger partial charge in [-0.2, -0.15) is 0 Å². The molecule has 108 valence electrons. The van der Waals surface area contributed by atoms with Crippen molar-refractivity contribution in [2.75, 3.05) is 11.9 Å². The summed E-state index contributed by atoms with van der Waals surface area (Å²) in [5.74, 6) is 0.0606. The lowest BCUT2D eigenvalue weighted by molar-refractivity contribution is -0.125. The van der Waals surface area contributed by atoms with Crippen molar-refractivity contribution in [3.05, 3.63) is 24.3 Å². The van der Waals surface area contributed by atoms with Crippen molar-refractivity contribution in [3.8, 4) is 5.75 Å². The SMILES string of the molecule is CN(C(=O)C1(C(N)=S)CCCCC1)c1cccc(O)c1. The van der Waals surface area contributed by atoms with Gasteiger partial charge in [-0.25, -0.2) is 0 Å². The van der Waals surface area contributed by atoms with Gasteiger partial charge in [0.15, 0.2) is 0 Å². The lowest BCUT2D eigenvalue weighted by atomic mass is 9.73. The van der Waals surface area contributed by atoms with Crippen molar-refractivity contribution >= 4 is 28.8 Å². The molecule has 20 heavy (non-hydrogen) atoms. The maximum Gasteiger partial charge on any atom is 0.239 e. The molecule has 0 atom stereocenters. The van der Waals surface area contributed by atoms with E-state index in [1.54, 1.807) is 36.2 Å². The van der Waals surface area contributed by atoms with E-state index in [0.717, 1.165) is 19.3 Å². The minimum absolute atomic E-state index is 0.0738.